The molecular weight excluding hydrogens is 383 g/mol. The molecule has 13 heteroatoms. The van der Waals surface area contributed by atoms with Gasteiger partial charge in [-0.2, -0.15) is 0 Å². The van der Waals surface area contributed by atoms with Gasteiger partial charge in [0.2, 0.25) is 0 Å². The van der Waals surface area contributed by atoms with E-state index in [1.54, 1.807) is 0 Å². The Labute approximate surface area is 164 Å². The van der Waals surface area contributed by atoms with Crippen molar-refractivity contribution in [2.45, 2.75) is 24.0 Å². The van der Waals surface area contributed by atoms with Crippen LogP contribution < -0.4 is 10.1 Å². The normalized spacial score (nSPS) is 9.50. The summed E-state index contributed by atoms with van der Waals surface area (Å²) in [5, 5.41) is 24.7. The Balaban J connectivity index is -0.000000364. The van der Waals surface area contributed by atoms with Crippen LogP contribution in [0.4, 0.5) is 0 Å². The third-order valence-corrected chi connectivity index (χ3v) is 3.92. The quantitative estimate of drug-likeness (QED) is 0.162. The van der Waals surface area contributed by atoms with E-state index in [-0.39, 0.29) is 40.2 Å². The van der Waals surface area contributed by atoms with Crippen molar-refractivity contribution < 1.29 is 58.1 Å². The van der Waals surface area contributed by atoms with E-state index in [1.165, 1.54) is 0 Å². The minimum atomic E-state index is -1.35. The van der Waals surface area contributed by atoms with Gasteiger partial charge in [-0.1, -0.05) is 0 Å². The summed E-state index contributed by atoms with van der Waals surface area (Å²) in [6.45, 7) is 1.86. The second kappa shape index (κ2) is 16.8. The zero-order valence-electron chi connectivity index (χ0n) is 12.3. The molecule has 0 heterocycles. The number of nitrogens with one attached hydrogen (secondary N) is 1. The van der Waals surface area contributed by atoms with Gasteiger partial charge in [0.1, 0.15) is 6.42 Å². The van der Waals surface area contributed by atoms with Gasteiger partial charge >= 0.3 is 127 Å². The Bertz CT molecular complexity index is 413. The summed E-state index contributed by atoms with van der Waals surface area (Å²) < 4.78 is 6.73. The van der Waals surface area contributed by atoms with Gasteiger partial charge in [-0.15, -0.1) is 0 Å². The summed E-state index contributed by atoms with van der Waals surface area (Å²) in [5.41, 5.74) is 5.19. The number of ether oxygens (including phenoxy) is 1. The number of hydrogen-bond donors (Lipinski definition) is 5. The first kappa shape index (κ1) is 27.8. The van der Waals surface area contributed by atoms with Crippen LogP contribution in [0.15, 0.2) is 0 Å². The molecule has 0 aromatic rings. The Hall–Kier alpha value is -1.01. The SMILES string of the molecule is CC(=O)OC(=O)CC(=O)O.NCC[NH][Fe]([CH2]C(=O)O)[CH2]C(=O)O.[NaH]. The number of carbonyl (C=O) groups excluding carboxylic acids is 2. The molecule has 0 aliphatic carbocycles. The van der Waals surface area contributed by atoms with Gasteiger partial charge in [-0.05, 0) is 0 Å². The summed E-state index contributed by atoms with van der Waals surface area (Å²) in [5.74, 6) is -5.12. The Morgan fingerprint density at radius 3 is 1.75 bits per heavy atom. The van der Waals surface area contributed by atoms with Crippen LogP contribution >= 0.6 is 0 Å². The summed E-state index contributed by atoms with van der Waals surface area (Å²) in [6.07, 6.45) is -0.778. The number of aliphatic carboxylic acids is 3. The van der Waals surface area contributed by atoms with E-state index in [0.29, 0.717) is 13.1 Å². The second-order valence-electron chi connectivity index (χ2n) is 3.66. The zero-order valence-corrected chi connectivity index (χ0v) is 13.4. The molecule has 6 N–H and O–H groups in total. The zero-order chi connectivity index (χ0) is 18.4. The molecule has 0 unspecified atom stereocenters. The first-order valence-corrected chi connectivity index (χ1v) is 8.07. The van der Waals surface area contributed by atoms with Gasteiger partial charge in [0.05, 0.1) is 0 Å². The molecule has 0 saturated carbocycles. The van der Waals surface area contributed by atoms with Crippen molar-refractivity contribution >= 4 is 59.4 Å². The second-order valence-corrected chi connectivity index (χ2v) is 6.17. The van der Waals surface area contributed by atoms with Crippen molar-refractivity contribution in [3.05, 3.63) is 0 Å². The first-order valence-electron chi connectivity index (χ1n) is 5.95. The van der Waals surface area contributed by atoms with Gasteiger partial charge < -0.3 is 9.84 Å². The van der Waals surface area contributed by atoms with Crippen LogP contribution in [0.2, 0.25) is 10.6 Å². The van der Waals surface area contributed by atoms with Crippen LogP contribution in [0.25, 0.3) is 0 Å². The number of esters is 2. The molecule has 0 fully saturated rings. The average molecular weight is 403 g/mol. The van der Waals surface area contributed by atoms with E-state index >= 15 is 0 Å². The van der Waals surface area contributed by atoms with Crippen molar-refractivity contribution in [2.75, 3.05) is 13.1 Å². The maximum absolute atomic E-state index is 10.3. The number of nitrogens with two attached hydrogens (primary N) is 1. The van der Waals surface area contributed by atoms with Crippen LogP contribution in [0, 0.1) is 0 Å². The third-order valence-electron chi connectivity index (χ3n) is 1.48. The Morgan fingerprint density at radius 1 is 1.00 bits per heavy atom. The molecule has 0 bridgehead atoms. The fourth-order valence-corrected chi connectivity index (χ4v) is 2.66. The molecular formula is C11H20FeN2NaO9. The van der Waals surface area contributed by atoms with Crippen molar-refractivity contribution in [3.8, 4) is 0 Å². The molecule has 0 saturated heterocycles. The van der Waals surface area contributed by atoms with E-state index in [2.05, 4.69) is 9.07 Å². The molecule has 0 amide bonds. The predicted molar refractivity (Wildman–Crippen MR) is 78.1 cm³/mol. The average Bonchev–Trinajstić information content (AvgIpc) is 2.33. The number of hydrogen-bond acceptors (Lipinski definition) is 8. The van der Waals surface area contributed by atoms with Gasteiger partial charge in [0.15, 0.2) is 0 Å². The summed E-state index contributed by atoms with van der Waals surface area (Å²) in [6, 6.07) is 0. The van der Waals surface area contributed by atoms with Crippen LogP contribution in [0.5, 0.6) is 0 Å². The van der Waals surface area contributed by atoms with Crippen molar-refractivity contribution in [2.24, 2.45) is 5.73 Å². The summed E-state index contributed by atoms with van der Waals surface area (Å²) >= 11 is -1.35. The van der Waals surface area contributed by atoms with Crippen LogP contribution in [-0.4, -0.2) is 87.8 Å². The molecule has 0 aromatic heterocycles. The molecule has 0 aromatic carbocycles. The molecule has 0 spiro atoms. The third kappa shape index (κ3) is 23.3. The van der Waals surface area contributed by atoms with Gasteiger partial charge in [-0.25, -0.2) is 0 Å². The molecule has 0 atom stereocenters. The predicted octanol–water partition coefficient (Wildman–Crippen LogP) is -2.02. The number of rotatable bonds is 9. The van der Waals surface area contributed by atoms with Gasteiger partial charge in [-0.3, -0.25) is 14.4 Å². The van der Waals surface area contributed by atoms with Crippen LogP contribution in [0.1, 0.15) is 13.3 Å². The first-order chi connectivity index (χ1) is 10.6. The maximum atomic E-state index is 10.3. The fraction of sp³-hybridized carbons (Fsp3) is 0.545. The Kier molecular flexibility index (Phi) is 19.5. The van der Waals surface area contributed by atoms with Crippen molar-refractivity contribution in [1.82, 2.24) is 4.33 Å². The van der Waals surface area contributed by atoms with Gasteiger partial charge in [0, 0.05) is 6.92 Å². The number of carboxylic acids is 3. The van der Waals surface area contributed by atoms with Crippen molar-refractivity contribution in [1.29, 1.82) is 0 Å². The number of carbonyl (C=O) groups is 5. The molecule has 11 nitrogen and oxygen atoms in total. The van der Waals surface area contributed by atoms with E-state index in [4.69, 9.17) is 21.1 Å². The summed E-state index contributed by atoms with van der Waals surface area (Å²) in [4.78, 5) is 50.6. The number of carboxylic acid groups (broad SMARTS) is 3. The molecule has 0 radical (unpaired) electrons. The molecule has 137 valence electrons. The van der Waals surface area contributed by atoms with Crippen LogP contribution in [-0.2, 0) is 42.8 Å². The van der Waals surface area contributed by atoms with E-state index in [1.807, 2.05) is 0 Å². The Morgan fingerprint density at radius 2 is 1.46 bits per heavy atom. The monoisotopic (exact) mass is 403 g/mol. The minimum absolute atomic E-state index is 0. The van der Waals surface area contributed by atoms with E-state index < -0.39 is 50.4 Å². The standard InChI is InChI=1S/C5H6O5.C2H7N2.2C2H3O2.Fe.Na.H/c1-3(6)10-5(9)2-4(7)8;3-1-2-4;2*1-2(3)4;;;/h2H2,1H3,(H,7,8);3H,1-2,4H2;2*1H2,(H,3,4);;;/q;-1;;;+1;;. The van der Waals surface area contributed by atoms with E-state index in [9.17, 15) is 24.0 Å². The topological polar surface area (TPSA) is 193 Å². The molecule has 0 aliphatic rings. The van der Waals surface area contributed by atoms with E-state index in [0.717, 1.165) is 6.92 Å². The van der Waals surface area contributed by atoms with Gasteiger partial charge in [0.25, 0.3) is 0 Å². The van der Waals surface area contributed by atoms with Crippen LogP contribution in [0.3, 0.4) is 0 Å². The molecule has 24 heavy (non-hydrogen) atoms. The van der Waals surface area contributed by atoms with Crippen molar-refractivity contribution in [3.63, 3.8) is 0 Å². The summed E-state index contributed by atoms with van der Waals surface area (Å²) in [7, 11) is 0. The molecule has 0 rings (SSSR count). The molecule has 0 aliphatic heterocycles. The fourth-order valence-electron chi connectivity index (χ4n) is 0.887.